The Morgan fingerprint density at radius 3 is 2.38 bits per heavy atom. The number of nitrogens with one attached hydrogen (secondary N) is 2. The van der Waals surface area contributed by atoms with Crippen LogP contribution in [0.15, 0.2) is 53.4 Å². The zero-order valence-electron chi connectivity index (χ0n) is 12.8. The van der Waals surface area contributed by atoms with Crippen LogP contribution >= 0.6 is 0 Å². The van der Waals surface area contributed by atoms with Crippen molar-refractivity contribution < 1.29 is 17.6 Å². The second kappa shape index (κ2) is 6.70. The van der Waals surface area contributed by atoms with Crippen LogP contribution in [0.2, 0.25) is 0 Å². The van der Waals surface area contributed by atoms with Gasteiger partial charge in [0.05, 0.1) is 10.5 Å². The van der Waals surface area contributed by atoms with Gasteiger partial charge < -0.3 is 5.32 Å². The summed E-state index contributed by atoms with van der Waals surface area (Å²) in [5.41, 5.74) is 0.324. The van der Waals surface area contributed by atoms with Gasteiger partial charge in [-0.15, -0.1) is 0 Å². The number of carbonyl (C=O) groups is 1. The van der Waals surface area contributed by atoms with Crippen LogP contribution in [0.1, 0.15) is 23.2 Å². The number of halogens is 1. The molecule has 0 bridgehead atoms. The summed E-state index contributed by atoms with van der Waals surface area (Å²) in [5, 5.41) is 2.54. The number of sulfonamides is 1. The minimum atomic E-state index is -3.54. The average Bonchev–Trinajstić information content (AvgIpc) is 3.38. The van der Waals surface area contributed by atoms with E-state index in [0.717, 1.165) is 12.8 Å². The topological polar surface area (TPSA) is 75.3 Å². The molecule has 3 rings (SSSR count). The van der Waals surface area contributed by atoms with Crippen LogP contribution in [0.4, 0.5) is 10.1 Å². The Labute approximate surface area is 139 Å². The molecule has 2 N–H and O–H groups in total. The highest BCUT2D eigenvalue weighted by atomic mass is 32.2. The maximum atomic E-state index is 13.6. The third kappa shape index (κ3) is 3.98. The van der Waals surface area contributed by atoms with Crippen molar-refractivity contribution >= 4 is 21.6 Å². The van der Waals surface area contributed by atoms with E-state index in [-0.39, 0.29) is 10.5 Å². The second-order valence-corrected chi connectivity index (χ2v) is 7.52. The molecule has 0 aliphatic heterocycles. The molecule has 1 aliphatic carbocycles. The third-order valence-electron chi connectivity index (χ3n) is 3.80. The summed E-state index contributed by atoms with van der Waals surface area (Å²) in [4.78, 5) is 12.2. The van der Waals surface area contributed by atoms with Gasteiger partial charge in [0, 0.05) is 12.2 Å². The fraction of sp³-hybridized carbons (Fsp3) is 0.235. The fourth-order valence-corrected chi connectivity index (χ4v) is 3.31. The summed E-state index contributed by atoms with van der Waals surface area (Å²) in [5.74, 6) is -0.756. The molecule has 0 aromatic heterocycles. The van der Waals surface area contributed by atoms with Crippen LogP contribution in [-0.2, 0) is 10.0 Å². The SMILES string of the molecule is O=C(Nc1ccc(S(=O)(=O)NCC2CC2)cc1)c1ccccc1F. The number of benzene rings is 2. The van der Waals surface area contributed by atoms with Crippen molar-refractivity contribution in [2.24, 2.45) is 5.92 Å². The highest BCUT2D eigenvalue weighted by Gasteiger charge is 2.24. The van der Waals surface area contributed by atoms with E-state index < -0.39 is 21.7 Å². The van der Waals surface area contributed by atoms with E-state index in [2.05, 4.69) is 10.0 Å². The van der Waals surface area contributed by atoms with E-state index in [4.69, 9.17) is 0 Å². The predicted molar refractivity (Wildman–Crippen MR) is 88.7 cm³/mol. The van der Waals surface area contributed by atoms with Gasteiger partial charge in [-0.1, -0.05) is 12.1 Å². The lowest BCUT2D eigenvalue weighted by Crippen LogP contribution is -2.25. The van der Waals surface area contributed by atoms with Gasteiger partial charge in [0.15, 0.2) is 0 Å². The number of hydrogen-bond donors (Lipinski definition) is 2. The molecule has 0 unspecified atom stereocenters. The van der Waals surface area contributed by atoms with Crippen molar-refractivity contribution in [2.75, 3.05) is 11.9 Å². The Hall–Kier alpha value is -2.25. The van der Waals surface area contributed by atoms with Gasteiger partial charge in [0.25, 0.3) is 5.91 Å². The van der Waals surface area contributed by atoms with Crippen LogP contribution in [-0.4, -0.2) is 20.9 Å². The first-order chi connectivity index (χ1) is 11.5. The van der Waals surface area contributed by atoms with Crippen LogP contribution in [0.3, 0.4) is 0 Å². The maximum absolute atomic E-state index is 13.6. The third-order valence-corrected chi connectivity index (χ3v) is 5.24. The first-order valence-corrected chi connectivity index (χ1v) is 9.09. The Balaban J connectivity index is 1.68. The Morgan fingerprint density at radius 2 is 1.75 bits per heavy atom. The molecular formula is C17H17FN2O3S. The summed E-state index contributed by atoms with van der Waals surface area (Å²) >= 11 is 0. The standard InChI is InChI=1S/C17H17FN2O3S/c18-16-4-2-1-3-15(16)17(21)20-13-7-9-14(10-8-13)24(22,23)19-11-12-5-6-12/h1-4,7-10,12,19H,5-6,11H2,(H,20,21). The first-order valence-electron chi connectivity index (χ1n) is 7.61. The van der Waals surface area contributed by atoms with Gasteiger partial charge in [-0.3, -0.25) is 4.79 Å². The van der Waals surface area contributed by atoms with Gasteiger partial charge in [-0.2, -0.15) is 0 Å². The fourth-order valence-electron chi connectivity index (χ4n) is 2.19. The van der Waals surface area contributed by atoms with Crippen molar-refractivity contribution in [3.63, 3.8) is 0 Å². The maximum Gasteiger partial charge on any atom is 0.258 e. The van der Waals surface area contributed by atoms with E-state index in [1.54, 1.807) is 6.07 Å². The number of carbonyl (C=O) groups excluding carboxylic acids is 1. The van der Waals surface area contributed by atoms with Crippen molar-refractivity contribution in [2.45, 2.75) is 17.7 Å². The lowest BCUT2D eigenvalue weighted by Gasteiger charge is -2.09. The Kier molecular flexibility index (Phi) is 4.64. The predicted octanol–water partition coefficient (Wildman–Crippen LogP) is 2.77. The number of anilines is 1. The van der Waals surface area contributed by atoms with Crippen LogP contribution in [0, 0.1) is 11.7 Å². The number of rotatable bonds is 6. The van der Waals surface area contributed by atoms with Gasteiger partial charge in [-0.25, -0.2) is 17.5 Å². The molecule has 126 valence electrons. The zero-order chi connectivity index (χ0) is 17.2. The molecule has 2 aromatic carbocycles. The first kappa shape index (κ1) is 16.6. The normalized spacial score (nSPS) is 14.4. The largest absolute Gasteiger partial charge is 0.322 e. The summed E-state index contributed by atoms with van der Waals surface area (Å²) in [6.45, 7) is 0.452. The lowest BCUT2D eigenvalue weighted by molar-refractivity contribution is 0.102. The van der Waals surface area contributed by atoms with Crippen LogP contribution < -0.4 is 10.0 Å². The number of hydrogen-bond acceptors (Lipinski definition) is 3. The van der Waals surface area contributed by atoms with E-state index in [9.17, 15) is 17.6 Å². The molecule has 24 heavy (non-hydrogen) atoms. The monoisotopic (exact) mass is 348 g/mol. The highest BCUT2D eigenvalue weighted by Crippen LogP contribution is 2.28. The molecule has 1 saturated carbocycles. The van der Waals surface area contributed by atoms with E-state index in [1.165, 1.54) is 42.5 Å². The van der Waals surface area contributed by atoms with Gasteiger partial charge in [0.2, 0.25) is 10.0 Å². The molecule has 0 atom stereocenters. The van der Waals surface area contributed by atoms with Crippen molar-refractivity contribution in [3.8, 4) is 0 Å². The highest BCUT2D eigenvalue weighted by molar-refractivity contribution is 7.89. The molecule has 0 saturated heterocycles. The molecule has 1 amide bonds. The Morgan fingerprint density at radius 1 is 1.08 bits per heavy atom. The number of amides is 1. The minimum Gasteiger partial charge on any atom is -0.322 e. The molecule has 1 aliphatic rings. The van der Waals surface area contributed by atoms with Gasteiger partial charge in [0.1, 0.15) is 5.82 Å². The van der Waals surface area contributed by atoms with E-state index in [1.807, 2.05) is 0 Å². The van der Waals surface area contributed by atoms with Gasteiger partial charge in [-0.05, 0) is 55.2 Å². The molecule has 0 spiro atoms. The van der Waals surface area contributed by atoms with E-state index >= 15 is 0 Å². The minimum absolute atomic E-state index is 0.0692. The summed E-state index contributed by atoms with van der Waals surface area (Å²) in [6, 6.07) is 11.4. The molecule has 5 nitrogen and oxygen atoms in total. The second-order valence-electron chi connectivity index (χ2n) is 5.75. The molecule has 7 heteroatoms. The van der Waals surface area contributed by atoms with E-state index in [0.29, 0.717) is 18.2 Å². The molecule has 0 radical (unpaired) electrons. The van der Waals surface area contributed by atoms with Crippen molar-refractivity contribution in [1.29, 1.82) is 0 Å². The molecular weight excluding hydrogens is 331 g/mol. The van der Waals surface area contributed by atoms with Crippen molar-refractivity contribution in [1.82, 2.24) is 4.72 Å². The van der Waals surface area contributed by atoms with Crippen molar-refractivity contribution in [3.05, 3.63) is 59.9 Å². The summed E-state index contributed by atoms with van der Waals surface area (Å²) in [7, 11) is -3.54. The summed E-state index contributed by atoms with van der Waals surface area (Å²) < 4.78 is 40.4. The molecule has 1 fully saturated rings. The van der Waals surface area contributed by atoms with Gasteiger partial charge >= 0.3 is 0 Å². The summed E-state index contributed by atoms with van der Waals surface area (Å²) in [6.07, 6.45) is 2.12. The smallest absolute Gasteiger partial charge is 0.258 e. The Bertz CT molecular complexity index is 846. The zero-order valence-corrected chi connectivity index (χ0v) is 13.6. The van der Waals surface area contributed by atoms with Crippen LogP contribution in [0.25, 0.3) is 0 Å². The lowest BCUT2D eigenvalue weighted by atomic mass is 10.2. The average molecular weight is 348 g/mol. The van der Waals surface area contributed by atoms with Crippen LogP contribution in [0.5, 0.6) is 0 Å². The molecule has 0 heterocycles. The molecule has 2 aromatic rings. The quantitative estimate of drug-likeness (QED) is 0.843.